The molecule has 1 heterocycles. The molecule has 0 bridgehead atoms. The molecule has 0 aromatic rings. The van der Waals surface area contributed by atoms with E-state index in [2.05, 4.69) is 6.92 Å². The highest BCUT2D eigenvalue weighted by molar-refractivity contribution is 5.99. The van der Waals surface area contributed by atoms with Crippen molar-refractivity contribution in [2.75, 3.05) is 6.61 Å². The molecule has 3 nitrogen and oxygen atoms in total. The zero-order valence-corrected chi connectivity index (χ0v) is 11.0. The minimum Gasteiger partial charge on any atom is -0.369 e. The molecule has 2 saturated carbocycles. The van der Waals surface area contributed by atoms with Crippen LogP contribution in [0.2, 0.25) is 0 Å². The van der Waals surface area contributed by atoms with Crippen LogP contribution in [0.4, 0.5) is 0 Å². The molecule has 3 heteroatoms. The maximum Gasteiger partial charge on any atom is 0.142 e. The molecule has 4 atom stereocenters. The molecular formula is C14H20O3. The number of ether oxygens (including phenoxy) is 1. The first-order chi connectivity index (χ1) is 7.76. The minimum absolute atomic E-state index is 0.0972. The van der Waals surface area contributed by atoms with Crippen LogP contribution in [-0.4, -0.2) is 23.8 Å². The van der Waals surface area contributed by atoms with Crippen LogP contribution in [0.15, 0.2) is 0 Å². The lowest BCUT2D eigenvalue weighted by Crippen LogP contribution is -2.28. The van der Waals surface area contributed by atoms with Crippen molar-refractivity contribution in [3.8, 4) is 0 Å². The number of fused-ring (bicyclic) bond motifs is 2. The highest BCUT2D eigenvalue weighted by Crippen LogP contribution is 2.74. The SMILES string of the molecule is CC(=O)C1C2C(=O)C(C)(C)CCC3(CO3)C12C. The lowest BCUT2D eigenvalue weighted by atomic mass is 9.80. The quantitative estimate of drug-likeness (QED) is 0.654. The summed E-state index contributed by atoms with van der Waals surface area (Å²) in [5.41, 5.74) is -0.688. The molecule has 94 valence electrons. The van der Waals surface area contributed by atoms with Crippen molar-refractivity contribution in [2.24, 2.45) is 22.7 Å². The Hall–Kier alpha value is -0.700. The molecule has 3 aliphatic rings. The van der Waals surface area contributed by atoms with E-state index in [0.717, 1.165) is 19.4 Å². The fraction of sp³-hybridized carbons (Fsp3) is 0.857. The van der Waals surface area contributed by atoms with Gasteiger partial charge in [0.2, 0.25) is 0 Å². The van der Waals surface area contributed by atoms with Crippen molar-refractivity contribution >= 4 is 11.6 Å². The second kappa shape index (κ2) is 2.82. The second-order valence-electron chi connectivity index (χ2n) is 6.88. The third kappa shape index (κ3) is 1.16. The van der Waals surface area contributed by atoms with Crippen LogP contribution in [0.1, 0.15) is 40.5 Å². The van der Waals surface area contributed by atoms with Gasteiger partial charge in [-0.1, -0.05) is 20.8 Å². The fourth-order valence-corrected chi connectivity index (χ4v) is 4.03. The van der Waals surface area contributed by atoms with Gasteiger partial charge in [0.15, 0.2) is 0 Å². The third-order valence-electron chi connectivity index (χ3n) is 5.53. The monoisotopic (exact) mass is 236 g/mol. The van der Waals surface area contributed by atoms with Crippen molar-refractivity contribution in [1.29, 1.82) is 0 Å². The van der Waals surface area contributed by atoms with E-state index in [4.69, 9.17) is 4.74 Å². The predicted octanol–water partition coefficient (Wildman–Crippen LogP) is 1.99. The van der Waals surface area contributed by atoms with Gasteiger partial charge < -0.3 is 4.74 Å². The molecule has 3 rings (SSSR count). The zero-order chi connectivity index (χ0) is 12.6. The molecular weight excluding hydrogens is 216 g/mol. The van der Waals surface area contributed by atoms with Gasteiger partial charge in [-0.15, -0.1) is 0 Å². The van der Waals surface area contributed by atoms with Gasteiger partial charge in [0.05, 0.1) is 12.2 Å². The highest BCUT2D eigenvalue weighted by Gasteiger charge is 2.81. The summed E-state index contributed by atoms with van der Waals surface area (Å²) in [5.74, 6) is 0.225. The van der Waals surface area contributed by atoms with Gasteiger partial charge in [-0.3, -0.25) is 9.59 Å². The van der Waals surface area contributed by atoms with E-state index in [1.165, 1.54) is 0 Å². The Balaban J connectivity index is 2.04. The maximum absolute atomic E-state index is 12.5. The van der Waals surface area contributed by atoms with Crippen LogP contribution in [0.3, 0.4) is 0 Å². The summed E-state index contributed by atoms with van der Waals surface area (Å²) in [6.07, 6.45) is 1.80. The molecule has 3 fully saturated rings. The number of carbonyl (C=O) groups is 2. The Bertz CT molecular complexity index is 419. The van der Waals surface area contributed by atoms with E-state index in [-0.39, 0.29) is 39.8 Å². The molecule has 0 N–H and O–H groups in total. The molecule has 1 saturated heterocycles. The molecule has 0 amide bonds. The summed E-state index contributed by atoms with van der Waals surface area (Å²) in [4.78, 5) is 24.3. The van der Waals surface area contributed by atoms with Gasteiger partial charge >= 0.3 is 0 Å². The van der Waals surface area contributed by atoms with Gasteiger partial charge in [-0.2, -0.15) is 0 Å². The first-order valence-corrected chi connectivity index (χ1v) is 6.45. The first-order valence-electron chi connectivity index (χ1n) is 6.45. The average molecular weight is 236 g/mol. The molecule has 0 radical (unpaired) electrons. The number of epoxide rings is 1. The number of Topliss-reactive ketones (excluding diaryl/α,β-unsaturated/α-hetero) is 2. The lowest BCUT2D eigenvalue weighted by Gasteiger charge is -2.23. The Kier molecular flexibility index (Phi) is 1.89. The van der Waals surface area contributed by atoms with Gasteiger partial charge in [0.25, 0.3) is 0 Å². The Morgan fingerprint density at radius 2 is 1.88 bits per heavy atom. The molecule has 1 spiro atoms. The summed E-state index contributed by atoms with van der Waals surface area (Å²) in [6.45, 7) is 8.43. The van der Waals surface area contributed by atoms with E-state index < -0.39 is 0 Å². The molecule has 4 unspecified atom stereocenters. The van der Waals surface area contributed by atoms with Gasteiger partial charge in [0.1, 0.15) is 11.6 Å². The van der Waals surface area contributed by atoms with Crippen LogP contribution in [0, 0.1) is 22.7 Å². The molecule has 0 aromatic heterocycles. The third-order valence-corrected chi connectivity index (χ3v) is 5.53. The van der Waals surface area contributed by atoms with Gasteiger partial charge in [-0.05, 0) is 19.8 Å². The first kappa shape index (κ1) is 11.4. The van der Waals surface area contributed by atoms with Crippen LogP contribution in [-0.2, 0) is 14.3 Å². The van der Waals surface area contributed by atoms with Crippen LogP contribution in [0.25, 0.3) is 0 Å². The van der Waals surface area contributed by atoms with E-state index in [1.807, 2.05) is 13.8 Å². The second-order valence-corrected chi connectivity index (χ2v) is 6.88. The molecule has 17 heavy (non-hydrogen) atoms. The summed E-state index contributed by atoms with van der Waals surface area (Å²) in [6, 6.07) is 0. The summed E-state index contributed by atoms with van der Waals surface area (Å²) in [7, 11) is 0. The number of hydrogen-bond acceptors (Lipinski definition) is 3. The van der Waals surface area contributed by atoms with E-state index in [1.54, 1.807) is 6.92 Å². The largest absolute Gasteiger partial charge is 0.369 e. The number of rotatable bonds is 1. The normalized spacial score (nSPS) is 50.7. The number of hydrogen-bond donors (Lipinski definition) is 0. The van der Waals surface area contributed by atoms with E-state index >= 15 is 0 Å². The Morgan fingerprint density at radius 3 is 2.35 bits per heavy atom. The van der Waals surface area contributed by atoms with Crippen LogP contribution >= 0.6 is 0 Å². The van der Waals surface area contributed by atoms with Crippen molar-refractivity contribution in [2.45, 2.75) is 46.1 Å². The molecule has 1 aliphatic heterocycles. The predicted molar refractivity (Wildman–Crippen MR) is 62.5 cm³/mol. The van der Waals surface area contributed by atoms with E-state index in [0.29, 0.717) is 0 Å². The van der Waals surface area contributed by atoms with E-state index in [9.17, 15) is 9.59 Å². The van der Waals surface area contributed by atoms with Gasteiger partial charge in [0, 0.05) is 22.7 Å². The summed E-state index contributed by atoms with van der Waals surface area (Å²) in [5, 5.41) is 0. The average Bonchev–Trinajstić information content (AvgIpc) is 3.07. The smallest absolute Gasteiger partial charge is 0.142 e. The van der Waals surface area contributed by atoms with Crippen molar-refractivity contribution in [3.05, 3.63) is 0 Å². The summed E-state index contributed by atoms with van der Waals surface area (Å²) >= 11 is 0. The van der Waals surface area contributed by atoms with Crippen molar-refractivity contribution in [3.63, 3.8) is 0 Å². The molecule has 2 aliphatic carbocycles. The van der Waals surface area contributed by atoms with Crippen molar-refractivity contribution < 1.29 is 14.3 Å². The molecule has 0 aromatic carbocycles. The topological polar surface area (TPSA) is 46.7 Å². The summed E-state index contributed by atoms with van der Waals surface area (Å²) < 4.78 is 5.69. The number of ketones is 2. The zero-order valence-electron chi connectivity index (χ0n) is 11.0. The Morgan fingerprint density at radius 1 is 1.29 bits per heavy atom. The van der Waals surface area contributed by atoms with Crippen LogP contribution < -0.4 is 0 Å². The maximum atomic E-state index is 12.5. The minimum atomic E-state index is -0.300. The highest BCUT2D eigenvalue weighted by atomic mass is 16.6. The van der Waals surface area contributed by atoms with Crippen molar-refractivity contribution in [1.82, 2.24) is 0 Å². The standard InChI is InChI=1S/C14H20O3/c1-8(15)9-10-11(16)12(2,3)5-6-14(7-17-14)13(9,10)4/h9-10H,5-7H2,1-4H3. The van der Waals surface area contributed by atoms with Crippen LogP contribution in [0.5, 0.6) is 0 Å². The van der Waals surface area contributed by atoms with Gasteiger partial charge in [-0.25, -0.2) is 0 Å². The number of carbonyl (C=O) groups excluding carboxylic acids is 2. The lowest BCUT2D eigenvalue weighted by molar-refractivity contribution is -0.130. The fourth-order valence-electron chi connectivity index (χ4n) is 4.03. The Labute approximate surface area is 102 Å².